The molecule has 3 N–H and O–H groups in total. The summed E-state index contributed by atoms with van der Waals surface area (Å²) in [7, 11) is 0. The number of piperidine rings is 1. The van der Waals surface area contributed by atoms with Crippen LogP contribution in [0.15, 0.2) is 36.7 Å². The predicted octanol–water partition coefficient (Wildman–Crippen LogP) is 2.08. The van der Waals surface area contributed by atoms with Crippen molar-refractivity contribution in [3.05, 3.63) is 47.9 Å². The number of nitrogens with one attached hydrogen (secondary N) is 3. The number of amides is 1. The van der Waals surface area contributed by atoms with Gasteiger partial charge in [0.15, 0.2) is 5.69 Å². The second-order valence-corrected chi connectivity index (χ2v) is 6.43. The highest BCUT2D eigenvalue weighted by Gasteiger charge is 2.18. The number of aromatic nitrogens is 4. The van der Waals surface area contributed by atoms with Crippen LogP contribution in [0, 0.1) is 0 Å². The quantitative estimate of drug-likeness (QED) is 0.638. The number of fused-ring (bicyclic) bond motifs is 1. The van der Waals surface area contributed by atoms with Crippen LogP contribution in [0.4, 0.5) is 0 Å². The molecule has 3 aromatic rings. The number of H-pyrrole nitrogens is 1. The van der Waals surface area contributed by atoms with E-state index in [1.165, 1.54) is 10.9 Å². The number of carbonyl (C=O) groups is 1. The zero-order chi connectivity index (χ0) is 17.1. The smallest absolute Gasteiger partial charge is 0.273 e. The molecule has 1 aromatic carbocycles. The summed E-state index contributed by atoms with van der Waals surface area (Å²) in [4.78, 5) is 15.5. The largest absolute Gasteiger partial charge is 0.361 e. The first-order chi connectivity index (χ1) is 12.3. The van der Waals surface area contributed by atoms with Gasteiger partial charge in [-0.3, -0.25) is 4.79 Å². The Kier molecular flexibility index (Phi) is 5.90. The molecule has 7 nitrogen and oxygen atoms in total. The van der Waals surface area contributed by atoms with E-state index in [-0.39, 0.29) is 18.3 Å². The van der Waals surface area contributed by atoms with Crippen LogP contribution in [0.3, 0.4) is 0 Å². The van der Waals surface area contributed by atoms with E-state index in [0.29, 0.717) is 18.3 Å². The Morgan fingerprint density at radius 1 is 1.27 bits per heavy atom. The molecule has 0 saturated carbocycles. The molecular formula is C18H23ClN6O. The summed E-state index contributed by atoms with van der Waals surface area (Å²) in [5.74, 6) is -0.167. The first-order valence-corrected chi connectivity index (χ1v) is 8.77. The number of hydrogen-bond acceptors (Lipinski definition) is 4. The predicted molar refractivity (Wildman–Crippen MR) is 103 cm³/mol. The van der Waals surface area contributed by atoms with Crippen molar-refractivity contribution in [1.82, 2.24) is 30.6 Å². The maximum absolute atomic E-state index is 12.3. The van der Waals surface area contributed by atoms with Gasteiger partial charge in [0.1, 0.15) is 0 Å². The van der Waals surface area contributed by atoms with Crippen LogP contribution in [-0.4, -0.2) is 45.5 Å². The molecule has 3 heterocycles. The van der Waals surface area contributed by atoms with E-state index in [2.05, 4.69) is 38.1 Å². The highest BCUT2D eigenvalue weighted by Crippen LogP contribution is 2.18. The number of carbonyl (C=O) groups excluding carboxylic acids is 1. The van der Waals surface area contributed by atoms with Crippen LogP contribution in [-0.2, 0) is 6.42 Å². The third-order valence-electron chi connectivity index (χ3n) is 4.78. The molecule has 1 amide bonds. The molecule has 2 aromatic heterocycles. The Bertz CT molecular complexity index is 867. The maximum Gasteiger partial charge on any atom is 0.273 e. The first kappa shape index (κ1) is 18.4. The molecule has 0 spiro atoms. The molecule has 4 rings (SSSR count). The molecule has 1 saturated heterocycles. The molecule has 0 radical (unpaired) electrons. The summed E-state index contributed by atoms with van der Waals surface area (Å²) >= 11 is 0. The van der Waals surface area contributed by atoms with E-state index < -0.39 is 0 Å². The highest BCUT2D eigenvalue weighted by molar-refractivity contribution is 5.91. The average molecular weight is 375 g/mol. The number of rotatable bonds is 5. The van der Waals surface area contributed by atoms with Crippen LogP contribution >= 0.6 is 12.4 Å². The van der Waals surface area contributed by atoms with Crippen LogP contribution in [0.25, 0.3) is 10.9 Å². The molecular weight excluding hydrogens is 352 g/mol. The van der Waals surface area contributed by atoms with Crippen molar-refractivity contribution in [2.45, 2.75) is 25.3 Å². The summed E-state index contributed by atoms with van der Waals surface area (Å²) < 4.78 is 1.83. The van der Waals surface area contributed by atoms with Gasteiger partial charge in [0.2, 0.25) is 0 Å². The molecule has 8 heteroatoms. The summed E-state index contributed by atoms with van der Waals surface area (Å²) in [6.45, 7) is 2.54. The van der Waals surface area contributed by atoms with Crippen molar-refractivity contribution in [2.75, 3.05) is 19.6 Å². The Balaban J connectivity index is 0.00000196. The Labute approximate surface area is 158 Å². The zero-order valence-electron chi connectivity index (χ0n) is 14.4. The minimum Gasteiger partial charge on any atom is -0.361 e. The van der Waals surface area contributed by atoms with Crippen LogP contribution in [0.2, 0.25) is 0 Å². The van der Waals surface area contributed by atoms with E-state index in [1.807, 2.05) is 23.0 Å². The summed E-state index contributed by atoms with van der Waals surface area (Å²) in [5.41, 5.74) is 2.71. The van der Waals surface area contributed by atoms with Gasteiger partial charge in [-0.25, -0.2) is 4.68 Å². The highest BCUT2D eigenvalue weighted by atomic mass is 35.5. The molecule has 1 fully saturated rings. The monoisotopic (exact) mass is 374 g/mol. The minimum absolute atomic E-state index is 0. The molecule has 0 atom stereocenters. The lowest BCUT2D eigenvalue weighted by atomic mass is 10.1. The molecule has 0 aliphatic carbocycles. The van der Waals surface area contributed by atoms with Gasteiger partial charge in [-0.1, -0.05) is 23.4 Å². The van der Waals surface area contributed by atoms with E-state index >= 15 is 0 Å². The van der Waals surface area contributed by atoms with Crippen molar-refractivity contribution in [1.29, 1.82) is 0 Å². The van der Waals surface area contributed by atoms with Gasteiger partial charge in [-0.15, -0.1) is 17.5 Å². The normalized spacial score (nSPS) is 14.9. The SMILES string of the molecule is Cl.O=C(NCCc1c[nH]c2ccccc12)c1cn(C2CCNCC2)nn1. The van der Waals surface area contributed by atoms with Crippen molar-refractivity contribution >= 4 is 29.2 Å². The molecule has 0 unspecified atom stereocenters. The van der Waals surface area contributed by atoms with Crippen LogP contribution < -0.4 is 10.6 Å². The van der Waals surface area contributed by atoms with E-state index in [1.54, 1.807) is 6.20 Å². The van der Waals surface area contributed by atoms with E-state index in [4.69, 9.17) is 0 Å². The molecule has 0 bridgehead atoms. The van der Waals surface area contributed by atoms with Gasteiger partial charge in [0.05, 0.1) is 12.2 Å². The number of aromatic amines is 1. The van der Waals surface area contributed by atoms with Crippen LogP contribution in [0.1, 0.15) is 34.9 Å². The topological polar surface area (TPSA) is 87.6 Å². The zero-order valence-corrected chi connectivity index (χ0v) is 15.3. The summed E-state index contributed by atoms with van der Waals surface area (Å²) in [5, 5.41) is 15.6. The fourth-order valence-electron chi connectivity index (χ4n) is 3.37. The van der Waals surface area contributed by atoms with Gasteiger partial charge in [-0.2, -0.15) is 0 Å². The third-order valence-corrected chi connectivity index (χ3v) is 4.78. The standard InChI is InChI=1S/C18H22N6O.ClH/c25-18(17-12-24(23-22-17)14-6-8-19-9-7-14)20-10-5-13-11-21-16-4-2-1-3-15(13)16;/h1-4,11-12,14,19,21H,5-10H2,(H,20,25);1H. The first-order valence-electron chi connectivity index (χ1n) is 8.77. The maximum atomic E-state index is 12.3. The molecule has 138 valence electrons. The lowest BCUT2D eigenvalue weighted by Crippen LogP contribution is -2.29. The van der Waals surface area contributed by atoms with Crippen molar-refractivity contribution in [3.8, 4) is 0 Å². The number of halogens is 1. The van der Waals surface area contributed by atoms with Crippen molar-refractivity contribution in [2.24, 2.45) is 0 Å². The van der Waals surface area contributed by atoms with Gasteiger partial charge < -0.3 is 15.6 Å². The Morgan fingerprint density at radius 3 is 2.92 bits per heavy atom. The Morgan fingerprint density at radius 2 is 2.08 bits per heavy atom. The molecule has 1 aliphatic rings. The number of benzene rings is 1. The van der Waals surface area contributed by atoms with Gasteiger partial charge >= 0.3 is 0 Å². The second kappa shape index (κ2) is 8.33. The van der Waals surface area contributed by atoms with Gasteiger partial charge in [0, 0.05) is 23.6 Å². The summed E-state index contributed by atoms with van der Waals surface area (Å²) in [6.07, 6.45) is 6.58. The average Bonchev–Trinajstić information content (AvgIpc) is 3.30. The van der Waals surface area contributed by atoms with E-state index in [9.17, 15) is 4.79 Å². The number of para-hydroxylation sites is 1. The van der Waals surface area contributed by atoms with E-state index in [0.717, 1.165) is 37.9 Å². The lowest BCUT2D eigenvalue weighted by Gasteiger charge is -2.22. The number of hydrogen-bond donors (Lipinski definition) is 3. The van der Waals surface area contributed by atoms with Gasteiger partial charge in [0.25, 0.3) is 5.91 Å². The number of nitrogens with zero attached hydrogens (tertiary/aromatic N) is 3. The lowest BCUT2D eigenvalue weighted by molar-refractivity contribution is 0.0949. The Hall–Kier alpha value is -2.38. The molecule has 26 heavy (non-hydrogen) atoms. The van der Waals surface area contributed by atoms with Gasteiger partial charge in [-0.05, 0) is 44.0 Å². The molecule has 1 aliphatic heterocycles. The minimum atomic E-state index is -0.167. The fourth-order valence-corrected chi connectivity index (χ4v) is 3.37. The van der Waals surface area contributed by atoms with Crippen molar-refractivity contribution in [3.63, 3.8) is 0 Å². The van der Waals surface area contributed by atoms with Crippen LogP contribution in [0.5, 0.6) is 0 Å². The van der Waals surface area contributed by atoms with Crippen molar-refractivity contribution < 1.29 is 4.79 Å². The fraction of sp³-hybridized carbons (Fsp3) is 0.389. The third kappa shape index (κ3) is 3.89. The second-order valence-electron chi connectivity index (χ2n) is 6.43. The summed E-state index contributed by atoms with van der Waals surface area (Å²) in [6, 6.07) is 8.51.